The molecule has 3 rings (SSSR count). The molecule has 0 saturated carbocycles. The maximum atomic E-state index is 13.9. The number of rotatable bonds is 4. The zero-order valence-electron chi connectivity index (χ0n) is 12.9. The molecule has 2 aromatic rings. The highest BCUT2D eigenvalue weighted by Crippen LogP contribution is 2.39. The van der Waals surface area contributed by atoms with Crippen LogP contribution in [0.15, 0.2) is 36.4 Å². The summed E-state index contributed by atoms with van der Waals surface area (Å²) in [4.78, 5) is 23.9. The Balaban J connectivity index is 1.73. The molecule has 1 amide bonds. The van der Waals surface area contributed by atoms with Gasteiger partial charge in [-0.15, -0.1) is 0 Å². The minimum atomic E-state index is -0.573. The van der Waals surface area contributed by atoms with Crippen LogP contribution >= 0.6 is 0 Å². The number of para-hydroxylation sites is 1. The number of fused-ring (bicyclic) bond motifs is 1. The lowest BCUT2D eigenvalue weighted by Crippen LogP contribution is -2.21. The summed E-state index contributed by atoms with van der Waals surface area (Å²) in [5.74, 6) is -1.84. The molecule has 6 heteroatoms. The van der Waals surface area contributed by atoms with Crippen LogP contribution in [0.1, 0.15) is 35.2 Å². The van der Waals surface area contributed by atoms with E-state index in [9.17, 15) is 18.4 Å². The molecule has 124 valence electrons. The van der Waals surface area contributed by atoms with Gasteiger partial charge in [0.2, 0.25) is 0 Å². The SMILES string of the molecule is C[C@H]1CC(=O)c2c(OCC(=O)Nc3ccccc3F)ccc(F)c21. The molecule has 0 aliphatic heterocycles. The average Bonchev–Trinajstić information content (AvgIpc) is 2.85. The molecule has 2 aromatic carbocycles. The Kier molecular flexibility index (Phi) is 4.29. The number of ether oxygens (including phenoxy) is 1. The topological polar surface area (TPSA) is 55.4 Å². The molecular weight excluding hydrogens is 316 g/mol. The molecule has 1 aliphatic rings. The van der Waals surface area contributed by atoms with Gasteiger partial charge in [0.1, 0.15) is 17.4 Å². The minimum Gasteiger partial charge on any atom is -0.483 e. The van der Waals surface area contributed by atoms with Crippen LogP contribution < -0.4 is 10.1 Å². The lowest BCUT2D eigenvalue weighted by atomic mass is 10.0. The van der Waals surface area contributed by atoms with Crippen LogP contribution in [0.2, 0.25) is 0 Å². The second-order valence-electron chi connectivity index (χ2n) is 5.68. The van der Waals surface area contributed by atoms with Gasteiger partial charge >= 0.3 is 0 Å². The summed E-state index contributed by atoms with van der Waals surface area (Å²) in [6.07, 6.45) is 0.216. The Morgan fingerprint density at radius 1 is 1.21 bits per heavy atom. The number of Topliss-reactive ketones (excluding diaryl/α,β-unsaturated/α-hetero) is 1. The molecule has 0 aromatic heterocycles. The normalized spacial score (nSPS) is 16.0. The van der Waals surface area contributed by atoms with Crippen molar-refractivity contribution >= 4 is 17.4 Å². The zero-order chi connectivity index (χ0) is 17.3. The zero-order valence-corrected chi connectivity index (χ0v) is 12.9. The number of anilines is 1. The first-order chi connectivity index (χ1) is 11.5. The van der Waals surface area contributed by atoms with Crippen molar-refractivity contribution in [3.63, 3.8) is 0 Å². The van der Waals surface area contributed by atoms with Crippen LogP contribution in [-0.2, 0) is 4.79 Å². The molecular formula is C18H15F2NO3. The smallest absolute Gasteiger partial charge is 0.262 e. The third-order valence-corrected chi connectivity index (χ3v) is 3.92. The van der Waals surface area contributed by atoms with E-state index in [0.29, 0.717) is 5.56 Å². The largest absolute Gasteiger partial charge is 0.483 e. The van der Waals surface area contributed by atoms with Gasteiger partial charge in [-0.25, -0.2) is 8.78 Å². The first kappa shape index (κ1) is 16.1. The molecule has 0 bridgehead atoms. The Hall–Kier alpha value is -2.76. The van der Waals surface area contributed by atoms with Gasteiger partial charge in [-0.2, -0.15) is 0 Å². The van der Waals surface area contributed by atoms with Crippen molar-refractivity contribution in [3.8, 4) is 5.75 Å². The molecule has 0 heterocycles. The van der Waals surface area contributed by atoms with E-state index in [-0.39, 0.29) is 35.1 Å². The van der Waals surface area contributed by atoms with Crippen molar-refractivity contribution in [2.45, 2.75) is 19.3 Å². The first-order valence-corrected chi connectivity index (χ1v) is 7.50. The summed E-state index contributed by atoms with van der Waals surface area (Å²) >= 11 is 0. The highest BCUT2D eigenvalue weighted by molar-refractivity contribution is 6.04. The number of amides is 1. The summed E-state index contributed by atoms with van der Waals surface area (Å²) in [7, 11) is 0. The predicted molar refractivity (Wildman–Crippen MR) is 84.3 cm³/mol. The van der Waals surface area contributed by atoms with E-state index >= 15 is 0 Å². The molecule has 0 unspecified atom stereocenters. The third kappa shape index (κ3) is 2.99. The number of benzene rings is 2. The second-order valence-corrected chi connectivity index (χ2v) is 5.68. The molecule has 0 saturated heterocycles. The van der Waals surface area contributed by atoms with Crippen LogP contribution in [0.5, 0.6) is 5.75 Å². The molecule has 4 nitrogen and oxygen atoms in total. The van der Waals surface area contributed by atoms with E-state index in [1.165, 1.54) is 30.3 Å². The summed E-state index contributed by atoms with van der Waals surface area (Å²) in [6.45, 7) is 1.36. The Morgan fingerprint density at radius 3 is 2.71 bits per heavy atom. The van der Waals surface area contributed by atoms with Gasteiger partial charge in [-0.05, 0) is 30.2 Å². The second kappa shape index (κ2) is 6.39. The molecule has 1 aliphatic carbocycles. The number of hydrogen-bond acceptors (Lipinski definition) is 3. The number of carbonyl (C=O) groups excluding carboxylic acids is 2. The molecule has 1 atom stereocenters. The summed E-state index contributed by atoms with van der Waals surface area (Å²) in [5.41, 5.74) is 0.563. The van der Waals surface area contributed by atoms with Gasteiger partial charge in [0.25, 0.3) is 5.91 Å². The van der Waals surface area contributed by atoms with Gasteiger partial charge < -0.3 is 10.1 Å². The highest BCUT2D eigenvalue weighted by atomic mass is 19.1. The van der Waals surface area contributed by atoms with E-state index < -0.39 is 24.1 Å². The standard InChI is InChI=1S/C18H15F2NO3/c1-10-8-14(22)18-15(7-6-12(20)17(10)18)24-9-16(23)21-13-5-3-2-4-11(13)19/h2-7,10H,8-9H2,1H3,(H,21,23)/t10-/m0/s1. The van der Waals surface area contributed by atoms with Gasteiger partial charge in [0, 0.05) is 12.0 Å². The molecule has 1 N–H and O–H groups in total. The lowest BCUT2D eigenvalue weighted by molar-refractivity contribution is -0.118. The molecule has 0 radical (unpaired) electrons. The minimum absolute atomic E-state index is 0.0418. The van der Waals surface area contributed by atoms with Gasteiger partial charge in [-0.1, -0.05) is 19.1 Å². The summed E-state index contributed by atoms with van der Waals surface area (Å²) in [5, 5.41) is 2.38. The average molecular weight is 331 g/mol. The van der Waals surface area contributed by atoms with Crippen molar-refractivity contribution in [3.05, 3.63) is 59.2 Å². The Bertz CT molecular complexity index is 820. The van der Waals surface area contributed by atoms with E-state index in [4.69, 9.17) is 4.74 Å². The fourth-order valence-electron chi connectivity index (χ4n) is 2.84. The van der Waals surface area contributed by atoms with E-state index in [1.807, 2.05) is 0 Å². The molecule has 0 spiro atoms. The monoisotopic (exact) mass is 331 g/mol. The van der Waals surface area contributed by atoms with Crippen molar-refractivity contribution < 1.29 is 23.1 Å². The maximum Gasteiger partial charge on any atom is 0.262 e. The quantitative estimate of drug-likeness (QED) is 0.930. The van der Waals surface area contributed by atoms with Crippen LogP contribution in [0.4, 0.5) is 14.5 Å². The predicted octanol–water partition coefficient (Wildman–Crippen LogP) is 3.67. The maximum absolute atomic E-state index is 13.9. The highest BCUT2D eigenvalue weighted by Gasteiger charge is 2.32. The fourth-order valence-corrected chi connectivity index (χ4v) is 2.84. The van der Waals surface area contributed by atoms with E-state index in [2.05, 4.69) is 5.32 Å². The fraction of sp³-hybridized carbons (Fsp3) is 0.222. The van der Waals surface area contributed by atoms with E-state index in [0.717, 1.165) is 0 Å². The summed E-state index contributed by atoms with van der Waals surface area (Å²) < 4.78 is 32.8. The van der Waals surface area contributed by atoms with Gasteiger partial charge in [0.05, 0.1) is 11.3 Å². The molecule has 24 heavy (non-hydrogen) atoms. The van der Waals surface area contributed by atoms with Crippen LogP contribution in [0.25, 0.3) is 0 Å². The summed E-state index contributed by atoms with van der Waals surface area (Å²) in [6, 6.07) is 8.30. The van der Waals surface area contributed by atoms with Crippen LogP contribution in [0.3, 0.4) is 0 Å². The van der Waals surface area contributed by atoms with Crippen molar-refractivity contribution in [1.82, 2.24) is 0 Å². The van der Waals surface area contributed by atoms with Crippen LogP contribution in [0, 0.1) is 11.6 Å². The van der Waals surface area contributed by atoms with Crippen LogP contribution in [-0.4, -0.2) is 18.3 Å². The number of halogens is 2. The third-order valence-electron chi connectivity index (χ3n) is 3.92. The lowest BCUT2D eigenvalue weighted by Gasteiger charge is -2.12. The number of hydrogen-bond donors (Lipinski definition) is 1. The van der Waals surface area contributed by atoms with E-state index in [1.54, 1.807) is 13.0 Å². The first-order valence-electron chi connectivity index (χ1n) is 7.50. The van der Waals surface area contributed by atoms with Crippen molar-refractivity contribution in [1.29, 1.82) is 0 Å². The van der Waals surface area contributed by atoms with Crippen molar-refractivity contribution in [2.24, 2.45) is 0 Å². The Morgan fingerprint density at radius 2 is 1.96 bits per heavy atom. The van der Waals surface area contributed by atoms with Gasteiger partial charge in [-0.3, -0.25) is 9.59 Å². The number of nitrogens with one attached hydrogen (secondary N) is 1. The number of carbonyl (C=O) groups is 2. The van der Waals surface area contributed by atoms with Crippen molar-refractivity contribution in [2.75, 3.05) is 11.9 Å². The Labute approximate surface area is 137 Å². The number of ketones is 1. The molecule has 0 fully saturated rings. The van der Waals surface area contributed by atoms with Gasteiger partial charge in [0.15, 0.2) is 12.4 Å².